The van der Waals surface area contributed by atoms with E-state index in [0.29, 0.717) is 13.1 Å². The summed E-state index contributed by atoms with van der Waals surface area (Å²) in [6.07, 6.45) is 3.78. The van der Waals surface area contributed by atoms with Crippen LogP contribution >= 0.6 is 0 Å². The number of carbonyl (C=O) groups excluding carboxylic acids is 1. The first-order valence-electron chi connectivity index (χ1n) is 9.67. The van der Waals surface area contributed by atoms with Crippen LogP contribution in [0, 0.1) is 6.92 Å². The molecule has 0 unspecified atom stereocenters. The number of amides is 1. The van der Waals surface area contributed by atoms with Crippen molar-refractivity contribution in [3.8, 4) is 11.5 Å². The minimum atomic E-state index is 0.0502. The summed E-state index contributed by atoms with van der Waals surface area (Å²) in [6, 6.07) is 7.80. The van der Waals surface area contributed by atoms with Gasteiger partial charge in [0.05, 0.1) is 6.54 Å². The van der Waals surface area contributed by atoms with E-state index in [0.717, 1.165) is 49.8 Å². The van der Waals surface area contributed by atoms with E-state index in [1.54, 1.807) is 0 Å². The molecule has 7 heteroatoms. The molecule has 2 aliphatic heterocycles. The summed E-state index contributed by atoms with van der Waals surface area (Å²) < 4.78 is 10.7. The molecule has 28 heavy (non-hydrogen) atoms. The lowest BCUT2D eigenvalue weighted by Crippen LogP contribution is -2.49. The predicted molar refractivity (Wildman–Crippen MR) is 105 cm³/mol. The molecule has 1 saturated heterocycles. The maximum atomic E-state index is 12.3. The van der Waals surface area contributed by atoms with Crippen LogP contribution in [0.15, 0.2) is 36.7 Å². The van der Waals surface area contributed by atoms with Gasteiger partial charge in [-0.1, -0.05) is 6.07 Å². The highest BCUT2D eigenvalue weighted by molar-refractivity contribution is 5.78. The fourth-order valence-electron chi connectivity index (χ4n) is 3.52. The van der Waals surface area contributed by atoms with Gasteiger partial charge in [-0.05, 0) is 41.8 Å². The van der Waals surface area contributed by atoms with Crippen LogP contribution in [0.4, 0.5) is 0 Å². The highest BCUT2D eigenvalue weighted by Crippen LogP contribution is 2.32. The number of benzene rings is 1. The van der Waals surface area contributed by atoms with E-state index >= 15 is 0 Å². The number of hydrogen-bond acceptors (Lipinski definition) is 6. The summed E-state index contributed by atoms with van der Waals surface area (Å²) in [4.78, 5) is 21.2. The van der Waals surface area contributed by atoms with Gasteiger partial charge in [-0.2, -0.15) is 0 Å². The zero-order valence-electron chi connectivity index (χ0n) is 16.2. The largest absolute Gasteiger partial charge is 0.454 e. The number of nitrogens with zero attached hydrogens (tertiary/aromatic N) is 3. The minimum absolute atomic E-state index is 0.0502. The average Bonchev–Trinajstić information content (AvgIpc) is 3.17. The van der Waals surface area contributed by atoms with Gasteiger partial charge in [0.25, 0.3) is 0 Å². The molecule has 0 saturated carbocycles. The molecule has 1 amide bonds. The molecule has 2 aliphatic rings. The van der Waals surface area contributed by atoms with Crippen molar-refractivity contribution in [1.82, 2.24) is 20.1 Å². The summed E-state index contributed by atoms with van der Waals surface area (Å²) in [6.45, 7) is 7.96. The van der Waals surface area contributed by atoms with Gasteiger partial charge in [-0.3, -0.25) is 19.6 Å². The van der Waals surface area contributed by atoms with E-state index in [9.17, 15) is 4.79 Å². The van der Waals surface area contributed by atoms with Crippen LogP contribution in [-0.4, -0.2) is 60.2 Å². The Kier molecular flexibility index (Phi) is 5.73. The Morgan fingerprint density at radius 1 is 1.11 bits per heavy atom. The SMILES string of the molecule is Cc1ccncc1CN1CCN(CC(=O)NCc2ccc3c(c2)OCO3)CC1. The first-order chi connectivity index (χ1) is 13.7. The molecule has 2 aromatic rings. The van der Waals surface area contributed by atoms with E-state index in [-0.39, 0.29) is 12.7 Å². The van der Waals surface area contributed by atoms with Crippen molar-refractivity contribution in [2.24, 2.45) is 0 Å². The van der Waals surface area contributed by atoms with Crippen LogP contribution in [0.1, 0.15) is 16.7 Å². The fourth-order valence-corrected chi connectivity index (χ4v) is 3.52. The van der Waals surface area contributed by atoms with Crippen LogP contribution in [-0.2, 0) is 17.9 Å². The lowest BCUT2D eigenvalue weighted by molar-refractivity contribution is -0.122. The number of rotatable bonds is 6. The van der Waals surface area contributed by atoms with Gasteiger partial charge in [0.15, 0.2) is 11.5 Å². The van der Waals surface area contributed by atoms with Crippen molar-refractivity contribution in [2.75, 3.05) is 39.5 Å². The van der Waals surface area contributed by atoms with Crippen LogP contribution in [0.2, 0.25) is 0 Å². The maximum Gasteiger partial charge on any atom is 0.234 e. The Hall–Kier alpha value is -2.64. The Balaban J connectivity index is 1.19. The highest BCUT2D eigenvalue weighted by Gasteiger charge is 2.20. The molecule has 1 aromatic carbocycles. The molecule has 0 atom stereocenters. The number of hydrogen-bond donors (Lipinski definition) is 1. The Labute approximate surface area is 165 Å². The lowest BCUT2D eigenvalue weighted by atomic mass is 10.1. The fraction of sp³-hybridized carbons (Fsp3) is 0.429. The molecule has 0 spiro atoms. The second-order valence-corrected chi connectivity index (χ2v) is 7.32. The number of carbonyl (C=O) groups is 1. The second-order valence-electron chi connectivity index (χ2n) is 7.32. The monoisotopic (exact) mass is 382 g/mol. The van der Waals surface area contributed by atoms with Crippen molar-refractivity contribution in [3.05, 3.63) is 53.3 Å². The van der Waals surface area contributed by atoms with Crippen molar-refractivity contribution >= 4 is 5.91 Å². The van der Waals surface area contributed by atoms with Crippen molar-refractivity contribution < 1.29 is 14.3 Å². The van der Waals surface area contributed by atoms with E-state index in [4.69, 9.17) is 9.47 Å². The summed E-state index contributed by atoms with van der Waals surface area (Å²) >= 11 is 0. The second kappa shape index (κ2) is 8.58. The van der Waals surface area contributed by atoms with Crippen LogP contribution in [0.3, 0.4) is 0 Å². The number of aryl methyl sites for hydroxylation is 1. The van der Waals surface area contributed by atoms with Crippen LogP contribution < -0.4 is 14.8 Å². The quantitative estimate of drug-likeness (QED) is 0.818. The Bertz CT molecular complexity index is 834. The third kappa shape index (κ3) is 4.61. The molecule has 7 nitrogen and oxygen atoms in total. The first kappa shape index (κ1) is 18.7. The van der Waals surface area contributed by atoms with Crippen LogP contribution in [0.5, 0.6) is 11.5 Å². The lowest BCUT2D eigenvalue weighted by Gasteiger charge is -2.34. The van der Waals surface area contributed by atoms with E-state index in [1.807, 2.05) is 30.6 Å². The van der Waals surface area contributed by atoms with Crippen molar-refractivity contribution in [3.63, 3.8) is 0 Å². The van der Waals surface area contributed by atoms with E-state index in [1.165, 1.54) is 11.1 Å². The highest BCUT2D eigenvalue weighted by atomic mass is 16.7. The van der Waals surface area contributed by atoms with Crippen molar-refractivity contribution in [2.45, 2.75) is 20.0 Å². The Morgan fingerprint density at radius 2 is 1.89 bits per heavy atom. The van der Waals surface area contributed by atoms with E-state index in [2.05, 4.69) is 33.1 Å². The topological polar surface area (TPSA) is 66.9 Å². The molecule has 3 heterocycles. The normalized spacial score (nSPS) is 16.9. The molecule has 4 rings (SSSR count). The van der Waals surface area contributed by atoms with Gasteiger partial charge >= 0.3 is 0 Å². The van der Waals surface area contributed by atoms with E-state index < -0.39 is 0 Å². The number of piperazine rings is 1. The maximum absolute atomic E-state index is 12.3. The molecular weight excluding hydrogens is 356 g/mol. The predicted octanol–water partition coefficient (Wildman–Crippen LogP) is 1.55. The van der Waals surface area contributed by atoms with Gasteiger partial charge < -0.3 is 14.8 Å². The molecule has 148 valence electrons. The van der Waals surface area contributed by atoms with Gasteiger partial charge in [0.1, 0.15) is 0 Å². The molecule has 1 N–H and O–H groups in total. The van der Waals surface area contributed by atoms with Gasteiger partial charge in [-0.15, -0.1) is 0 Å². The van der Waals surface area contributed by atoms with Gasteiger partial charge in [-0.25, -0.2) is 0 Å². The molecule has 0 bridgehead atoms. The molecule has 0 radical (unpaired) electrons. The van der Waals surface area contributed by atoms with Gasteiger partial charge in [0, 0.05) is 51.7 Å². The summed E-state index contributed by atoms with van der Waals surface area (Å²) in [5.74, 6) is 1.55. The summed E-state index contributed by atoms with van der Waals surface area (Å²) in [7, 11) is 0. The number of aromatic nitrogens is 1. The number of nitrogens with one attached hydrogen (secondary N) is 1. The molecule has 1 fully saturated rings. The van der Waals surface area contributed by atoms with Gasteiger partial charge in [0.2, 0.25) is 12.7 Å². The number of pyridine rings is 1. The zero-order valence-corrected chi connectivity index (χ0v) is 16.2. The summed E-state index contributed by atoms with van der Waals surface area (Å²) in [5.41, 5.74) is 3.56. The molecule has 1 aromatic heterocycles. The number of fused-ring (bicyclic) bond motifs is 1. The Morgan fingerprint density at radius 3 is 2.71 bits per heavy atom. The third-order valence-electron chi connectivity index (χ3n) is 5.30. The van der Waals surface area contributed by atoms with Crippen LogP contribution in [0.25, 0.3) is 0 Å². The minimum Gasteiger partial charge on any atom is -0.454 e. The standard InChI is InChI=1S/C21H26N4O3/c1-16-4-5-22-12-18(16)13-24-6-8-25(9-7-24)14-21(26)23-11-17-2-3-19-20(10-17)28-15-27-19/h2-5,10,12H,6-9,11,13-15H2,1H3,(H,23,26). The molecule has 0 aliphatic carbocycles. The van der Waals surface area contributed by atoms with Crippen molar-refractivity contribution in [1.29, 1.82) is 0 Å². The molecular formula is C21H26N4O3. The number of ether oxygens (including phenoxy) is 2. The smallest absolute Gasteiger partial charge is 0.234 e. The average molecular weight is 382 g/mol. The first-order valence-corrected chi connectivity index (χ1v) is 9.67. The summed E-state index contributed by atoms with van der Waals surface area (Å²) in [5, 5.41) is 3.00. The zero-order chi connectivity index (χ0) is 19.3. The third-order valence-corrected chi connectivity index (χ3v) is 5.30.